The Hall–Kier alpha value is -3.68. The zero-order valence-corrected chi connectivity index (χ0v) is 15.2. The van der Waals surface area contributed by atoms with E-state index < -0.39 is 11.9 Å². The van der Waals surface area contributed by atoms with Gasteiger partial charge >= 0.3 is 5.97 Å². The topological polar surface area (TPSA) is 96.1 Å². The molecule has 0 aliphatic carbocycles. The molecular weight excluding hydrogens is 378 g/mol. The molecule has 3 aliphatic heterocycles. The molecule has 0 radical (unpaired) electrons. The lowest BCUT2D eigenvalue weighted by atomic mass is 9.86. The van der Waals surface area contributed by atoms with E-state index in [-0.39, 0.29) is 18.8 Å². The lowest BCUT2D eigenvalue weighted by Crippen LogP contribution is -2.25. The van der Waals surface area contributed by atoms with Crippen LogP contribution in [0.15, 0.2) is 35.1 Å². The molecular formula is C21H15NO7. The number of aromatic amines is 1. The van der Waals surface area contributed by atoms with E-state index >= 15 is 0 Å². The average Bonchev–Trinajstić information content (AvgIpc) is 3.17. The Morgan fingerprint density at radius 3 is 2.31 bits per heavy atom. The van der Waals surface area contributed by atoms with Gasteiger partial charge in [-0.15, -0.1) is 0 Å². The zero-order valence-electron chi connectivity index (χ0n) is 15.2. The highest BCUT2D eigenvalue weighted by molar-refractivity contribution is 5.84. The summed E-state index contributed by atoms with van der Waals surface area (Å²) in [5.74, 6) is 1.86. The van der Waals surface area contributed by atoms with Gasteiger partial charge in [0.25, 0.3) is 5.56 Å². The van der Waals surface area contributed by atoms with Crippen LogP contribution < -0.4 is 29.2 Å². The van der Waals surface area contributed by atoms with Crippen molar-refractivity contribution in [3.63, 3.8) is 0 Å². The molecule has 2 aromatic carbocycles. The zero-order chi connectivity index (χ0) is 19.5. The Morgan fingerprint density at radius 1 is 0.759 bits per heavy atom. The van der Waals surface area contributed by atoms with Crippen LogP contribution in [0.4, 0.5) is 0 Å². The van der Waals surface area contributed by atoms with E-state index in [1.807, 2.05) is 6.07 Å². The predicted octanol–water partition coefficient (Wildman–Crippen LogP) is 2.47. The lowest BCUT2D eigenvalue weighted by Gasteiger charge is -2.25. The molecule has 8 nitrogen and oxygen atoms in total. The monoisotopic (exact) mass is 393 g/mol. The van der Waals surface area contributed by atoms with E-state index in [0.717, 1.165) is 10.9 Å². The standard InChI is InChI=1S/C21H15NO7/c23-20-6-11(12-5-17-19(28-9-27-17)8-15(12)29-20)13-3-10-4-16-18(26-2-1-25-16)7-14(10)22-21(13)24/h3-5,7-8,11H,1-2,6,9H2,(H,22,24)/t11-/m0/s1. The number of pyridine rings is 1. The van der Waals surface area contributed by atoms with Gasteiger partial charge in [0.15, 0.2) is 23.0 Å². The summed E-state index contributed by atoms with van der Waals surface area (Å²) in [6.45, 7) is 1.06. The van der Waals surface area contributed by atoms with E-state index in [0.29, 0.717) is 53.0 Å². The maximum Gasteiger partial charge on any atom is 0.312 e. The first-order valence-corrected chi connectivity index (χ1v) is 9.26. The minimum Gasteiger partial charge on any atom is -0.486 e. The van der Waals surface area contributed by atoms with Crippen LogP contribution in [-0.4, -0.2) is 31.0 Å². The van der Waals surface area contributed by atoms with Crippen molar-refractivity contribution in [2.45, 2.75) is 12.3 Å². The summed E-state index contributed by atoms with van der Waals surface area (Å²) in [6.07, 6.45) is 0.0613. The number of esters is 1. The van der Waals surface area contributed by atoms with Crippen LogP contribution in [0, 0.1) is 0 Å². The number of ether oxygens (including phenoxy) is 5. The van der Waals surface area contributed by atoms with Gasteiger partial charge in [-0.1, -0.05) is 0 Å². The summed E-state index contributed by atoms with van der Waals surface area (Å²) in [4.78, 5) is 28.1. The number of hydrogen-bond acceptors (Lipinski definition) is 7. The molecule has 3 aromatic rings. The van der Waals surface area contributed by atoms with Gasteiger partial charge in [0.2, 0.25) is 6.79 Å². The number of aromatic nitrogens is 1. The molecule has 0 saturated carbocycles. The Morgan fingerprint density at radius 2 is 1.48 bits per heavy atom. The molecule has 146 valence electrons. The molecule has 29 heavy (non-hydrogen) atoms. The van der Waals surface area contributed by atoms with Gasteiger partial charge in [-0.3, -0.25) is 9.59 Å². The van der Waals surface area contributed by atoms with E-state index in [1.54, 1.807) is 24.3 Å². The second kappa shape index (κ2) is 5.91. The third-order valence-electron chi connectivity index (χ3n) is 5.39. The van der Waals surface area contributed by atoms with Crippen molar-refractivity contribution in [3.8, 4) is 28.7 Å². The number of carbonyl (C=O) groups excluding carboxylic acids is 1. The van der Waals surface area contributed by atoms with Gasteiger partial charge in [0.05, 0.1) is 11.9 Å². The quantitative estimate of drug-likeness (QED) is 0.501. The Labute approximate surface area is 163 Å². The summed E-state index contributed by atoms with van der Waals surface area (Å²) in [6, 6.07) is 8.81. The fraction of sp³-hybridized carbons (Fsp3) is 0.238. The van der Waals surface area contributed by atoms with Crippen LogP contribution in [0.2, 0.25) is 0 Å². The fourth-order valence-electron chi connectivity index (χ4n) is 4.04. The van der Waals surface area contributed by atoms with Crippen LogP contribution in [0.25, 0.3) is 10.9 Å². The second-order valence-electron chi connectivity index (χ2n) is 7.11. The summed E-state index contributed by atoms with van der Waals surface area (Å²) in [7, 11) is 0. The molecule has 1 atom stereocenters. The summed E-state index contributed by atoms with van der Waals surface area (Å²) < 4.78 is 27.5. The Bertz CT molecular complexity index is 1250. The molecule has 0 bridgehead atoms. The first-order chi connectivity index (χ1) is 14.2. The Balaban J connectivity index is 1.52. The van der Waals surface area contributed by atoms with Gasteiger partial charge in [0.1, 0.15) is 19.0 Å². The molecule has 6 rings (SSSR count). The molecule has 0 spiro atoms. The highest BCUT2D eigenvalue weighted by Crippen LogP contribution is 2.46. The lowest BCUT2D eigenvalue weighted by molar-refractivity contribution is -0.135. The summed E-state index contributed by atoms with van der Waals surface area (Å²) >= 11 is 0. The van der Waals surface area contributed by atoms with Crippen molar-refractivity contribution in [2.75, 3.05) is 20.0 Å². The number of benzene rings is 2. The van der Waals surface area contributed by atoms with Gasteiger partial charge in [-0.25, -0.2) is 0 Å². The van der Waals surface area contributed by atoms with Gasteiger partial charge in [-0.2, -0.15) is 0 Å². The second-order valence-corrected chi connectivity index (χ2v) is 7.11. The SMILES string of the molecule is O=C1C[C@H](c2cc3cc4c(cc3[nH]c2=O)OCCO4)c2cc3c(cc2O1)OCO3. The molecule has 3 aliphatic rings. The summed E-state index contributed by atoms with van der Waals surface area (Å²) in [5, 5.41) is 0.796. The van der Waals surface area contributed by atoms with E-state index in [2.05, 4.69) is 4.98 Å². The summed E-state index contributed by atoms with van der Waals surface area (Å²) in [5.41, 5.74) is 1.58. The third kappa shape index (κ3) is 2.52. The van der Waals surface area contributed by atoms with Crippen LogP contribution >= 0.6 is 0 Å². The molecule has 0 unspecified atom stereocenters. The van der Waals surface area contributed by atoms with Crippen molar-refractivity contribution < 1.29 is 28.5 Å². The van der Waals surface area contributed by atoms with Gasteiger partial charge < -0.3 is 28.7 Å². The molecule has 1 N–H and O–H groups in total. The van der Waals surface area contributed by atoms with E-state index in [9.17, 15) is 9.59 Å². The van der Waals surface area contributed by atoms with Crippen LogP contribution in [0.5, 0.6) is 28.7 Å². The van der Waals surface area contributed by atoms with E-state index in [4.69, 9.17) is 23.7 Å². The van der Waals surface area contributed by atoms with E-state index in [1.165, 1.54) is 0 Å². The first kappa shape index (κ1) is 16.3. The van der Waals surface area contributed by atoms with Crippen LogP contribution in [0.1, 0.15) is 23.5 Å². The molecule has 4 heterocycles. The van der Waals surface area contributed by atoms with Crippen molar-refractivity contribution in [1.82, 2.24) is 4.98 Å². The molecule has 0 amide bonds. The number of rotatable bonds is 1. The predicted molar refractivity (Wildman–Crippen MR) is 100 cm³/mol. The highest BCUT2D eigenvalue weighted by atomic mass is 16.7. The number of carbonyl (C=O) groups is 1. The number of fused-ring (bicyclic) bond motifs is 4. The van der Waals surface area contributed by atoms with Crippen molar-refractivity contribution >= 4 is 16.9 Å². The van der Waals surface area contributed by atoms with Gasteiger partial charge in [0, 0.05) is 34.6 Å². The minimum atomic E-state index is -0.456. The number of nitrogens with one attached hydrogen (secondary N) is 1. The normalized spacial score (nSPS) is 19.0. The largest absolute Gasteiger partial charge is 0.486 e. The third-order valence-corrected chi connectivity index (χ3v) is 5.39. The molecule has 8 heteroatoms. The van der Waals surface area contributed by atoms with Crippen molar-refractivity contribution in [1.29, 1.82) is 0 Å². The number of H-pyrrole nitrogens is 1. The maximum atomic E-state index is 12.9. The Kier molecular flexibility index (Phi) is 3.32. The molecule has 1 aromatic heterocycles. The van der Waals surface area contributed by atoms with Crippen molar-refractivity contribution in [2.24, 2.45) is 0 Å². The minimum absolute atomic E-state index is 0.0613. The first-order valence-electron chi connectivity index (χ1n) is 9.26. The number of hydrogen-bond donors (Lipinski definition) is 1. The molecule has 0 saturated heterocycles. The van der Waals surface area contributed by atoms with Crippen LogP contribution in [-0.2, 0) is 4.79 Å². The molecule has 0 fully saturated rings. The maximum absolute atomic E-state index is 12.9. The van der Waals surface area contributed by atoms with Crippen LogP contribution in [0.3, 0.4) is 0 Å². The fourth-order valence-corrected chi connectivity index (χ4v) is 4.04. The average molecular weight is 393 g/mol. The van der Waals surface area contributed by atoms with Crippen molar-refractivity contribution in [3.05, 3.63) is 51.8 Å². The van der Waals surface area contributed by atoms with Gasteiger partial charge in [-0.05, 0) is 18.2 Å². The smallest absolute Gasteiger partial charge is 0.312 e. The highest BCUT2D eigenvalue weighted by Gasteiger charge is 2.33.